The van der Waals surface area contributed by atoms with Gasteiger partial charge in [0.05, 0.1) is 24.7 Å². The molecule has 0 bridgehead atoms. The Labute approximate surface area is 149 Å². The van der Waals surface area contributed by atoms with Crippen LogP contribution in [0.2, 0.25) is 0 Å². The average Bonchev–Trinajstić information content (AvgIpc) is 3.07. The highest BCUT2D eigenvalue weighted by molar-refractivity contribution is 7.92. The van der Waals surface area contributed by atoms with Gasteiger partial charge in [-0.2, -0.15) is 0 Å². The van der Waals surface area contributed by atoms with E-state index in [0.29, 0.717) is 24.6 Å². The van der Waals surface area contributed by atoms with E-state index in [1.165, 1.54) is 4.31 Å². The SMILES string of the molecule is CCOc1ccc(N(CCC(=O)NCC2CCCO2)S(C)(=O)=O)cc1. The van der Waals surface area contributed by atoms with E-state index in [2.05, 4.69) is 5.32 Å². The molecule has 8 heteroatoms. The van der Waals surface area contributed by atoms with Crippen molar-refractivity contribution in [3.05, 3.63) is 24.3 Å². The minimum atomic E-state index is -3.48. The fourth-order valence-electron chi connectivity index (χ4n) is 2.69. The summed E-state index contributed by atoms with van der Waals surface area (Å²) in [5.74, 6) is 0.490. The summed E-state index contributed by atoms with van der Waals surface area (Å²) >= 11 is 0. The van der Waals surface area contributed by atoms with Crippen molar-refractivity contribution in [3.8, 4) is 5.75 Å². The summed E-state index contributed by atoms with van der Waals surface area (Å²) in [4.78, 5) is 12.0. The maximum atomic E-state index is 12.1. The molecule has 1 aromatic carbocycles. The Morgan fingerprint density at radius 1 is 1.36 bits per heavy atom. The van der Waals surface area contributed by atoms with Crippen molar-refractivity contribution in [3.63, 3.8) is 0 Å². The van der Waals surface area contributed by atoms with Crippen molar-refractivity contribution >= 4 is 21.6 Å². The molecular weight excluding hydrogens is 344 g/mol. The van der Waals surface area contributed by atoms with Crippen LogP contribution in [0, 0.1) is 0 Å². The molecular formula is C17H26N2O5S. The first-order valence-electron chi connectivity index (χ1n) is 8.49. The van der Waals surface area contributed by atoms with Crippen LogP contribution in [0.5, 0.6) is 5.75 Å². The van der Waals surface area contributed by atoms with E-state index in [-0.39, 0.29) is 25.0 Å². The third-order valence-corrected chi connectivity index (χ3v) is 5.12. The summed E-state index contributed by atoms with van der Waals surface area (Å²) in [7, 11) is -3.48. The van der Waals surface area contributed by atoms with Crippen LogP contribution in [0.15, 0.2) is 24.3 Å². The van der Waals surface area contributed by atoms with Crippen molar-refractivity contribution in [1.82, 2.24) is 5.32 Å². The molecule has 1 amide bonds. The van der Waals surface area contributed by atoms with E-state index in [1.807, 2.05) is 6.92 Å². The highest BCUT2D eigenvalue weighted by Crippen LogP contribution is 2.22. The third kappa shape index (κ3) is 6.21. The zero-order chi connectivity index (χ0) is 18.3. The van der Waals surface area contributed by atoms with Gasteiger partial charge in [-0.25, -0.2) is 8.42 Å². The monoisotopic (exact) mass is 370 g/mol. The molecule has 0 aromatic heterocycles. The fourth-order valence-corrected chi connectivity index (χ4v) is 3.61. The smallest absolute Gasteiger partial charge is 0.232 e. The van der Waals surface area contributed by atoms with Gasteiger partial charge in [0.15, 0.2) is 0 Å². The normalized spacial score (nSPS) is 17.3. The minimum Gasteiger partial charge on any atom is -0.494 e. The summed E-state index contributed by atoms with van der Waals surface area (Å²) < 4.78 is 36.2. The quantitative estimate of drug-likeness (QED) is 0.713. The van der Waals surface area contributed by atoms with E-state index in [0.717, 1.165) is 25.7 Å². The van der Waals surface area contributed by atoms with Crippen molar-refractivity contribution in [2.24, 2.45) is 0 Å². The Kier molecular flexibility index (Phi) is 7.07. The molecule has 1 heterocycles. The van der Waals surface area contributed by atoms with Gasteiger partial charge in [0.2, 0.25) is 15.9 Å². The number of hydrogen-bond donors (Lipinski definition) is 1. The van der Waals surface area contributed by atoms with Crippen LogP contribution in [0.1, 0.15) is 26.2 Å². The number of hydrogen-bond acceptors (Lipinski definition) is 5. The highest BCUT2D eigenvalue weighted by Gasteiger charge is 2.20. The average molecular weight is 370 g/mol. The van der Waals surface area contributed by atoms with Crippen LogP contribution < -0.4 is 14.4 Å². The number of carbonyl (C=O) groups is 1. The van der Waals surface area contributed by atoms with Gasteiger partial charge in [-0.3, -0.25) is 9.10 Å². The first kappa shape index (κ1) is 19.5. The van der Waals surface area contributed by atoms with Crippen LogP contribution in [-0.4, -0.2) is 53.0 Å². The van der Waals surface area contributed by atoms with Crippen LogP contribution in [-0.2, 0) is 19.6 Å². The molecule has 0 radical (unpaired) electrons. The van der Waals surface area contributed by atoms with Crippen molar-refractivity contribution in [1.29, 1.82) is 0 Å². The minimum absolute atomic E-state index is 0.0704. The number of sulfonamides is 1. The van der Waals surface area contributed by atoms with E-state index in [4.69, 9.17) is 9.47 Å². The molecule has 1 saturated heterocycles. The molecule has 0 spiro atoms. The molecule has 0 saturated carbocycles. The maximum absolute atomic E-state index is 12.1. The maximum Gasteiger partial charge on any atom is 0.232 e. The van der Waals surface area contributed by atoms with Gasteiger partial charge in [-0.1, -0.05) is 0 Å². The largest absolute Gasteiger partial charge is 0.494 e. The fraction of sp³-hybridized carbons (Fsp3) is 0.588. The second kappa shape index (κ2) is 9.05. The van der Waals surface area contributed by atoms with E-state index in [1.54, 1.807) is 24.3 Å². The number of anilines is 1. The van der Waals surface area contributed by atoms with Crippen LogP contribution >= 0.6 is 0 Å². The second-order valence-corrected chi connectivity index (χ2v) is 7.86. The molecule has 1 aromatic rings. The molecule has 2 rings (SSSR count). The molecule has 1 aliphatic heterocycles. The lowest BCUT2D eigenvalue weighted by Crippen LogP contribution is -2.36. The molecule has 25 heavy (non-hydrogen) atoms. The van der Waals surface area contributed by atoms with Crippen LogP contribution in [0.4, 0.5) is 5.69 Å². The standard InChI is InChI=1S/C17H26N2O5S/c1-3-23-15-8-6-14(7-9-15)19(25(2,21)22)11-10-17(20)18-13-16-5-4-12-24-16/h6-9,16H,3-5,10-13H2,1-2H3,(H,18,20). The predicted molar refractivity (Wildman–Crippen MR) is 96.4 cm³/mol. The van der Waals surface area contributed by atoms with Crippen molar-refractivity contribution in [2.45, 2.75) is 32.3 Å². The second-order valence-electron chi connectivity index (χ2n) is 5.95. The number of ether oxygens (including phenoxy) is 2. The van der Waals surface area contributed by atoms with Gasteiger partial charge in [0.1, 0.15) is 5.75 Å². The zero-order valence-corrected chi connectivity index (χ0v) is 15.5. The Hall–Kier alpha value is -1.80. The molecule has 1 aliphatic rings. The zero-order valence-electron chi connectivity index (χ0n) is 14.7. The molecule has 1 fully saturated rings. The highest BCUT2D eigenvalue weighted by atomic mass is 32.2. The number of nitrogens with one attached hydrogen (secondary N) is 1. The Bertz CT molecular complexity index is 654. The summed E-state index contributed by atoms with van der Waals surface area (Å²) in [6.45, 7) is 3.72. The van der Waals surface area contributed by atoms with E-state index >= 15 is 0 Å². The number of rotatable bonds is 9. The Morgan fingerprint density at radius 2 is 2.08 bits per heavy atom. The van der Waals surface area contributed by atoms with Gasteiger partial charge in [-0.05, 0) is 44.0 Å². The number of benzene rings is 1. The van der Waals surface area contributed by atoms with Gasteiger partial charge in [0.25, 0.3) is 0 Å². The first-order chi connectivity index (χ1) is 11.9. The van der Waals surface area contributed by atoms with Gasteiger partial charge in [-0.15, -0.1) is 0 Å². The summed E-state index contributed by atoms with van der Waals surface area (Å²) in [6.07, 6.45) is 3.25. The molecule has 0 aliphatic carbocycles. The number of amides is 1. The van der Waals surface area contributed by atoms with Gasteiger partial charge in [0, 0.05) is 26.1 Å². The van der Waals surface area contributed by atoms with Crippen molar-refractivity contribution < 1.29 is 22.7 Å². The molecule has 1 unspecified atom stereocenters. The van der Waals surface area contributed by atoms with Gasteiger partial charge < -0.3 is 14.8 Å². The lowest BCUT2D eigenvalue weighted by Gasteiger charge is -2.22. The number of carbonyl (C=O) groups excluding carboxylic acids is 1. The molecule has 1 atom stereocenters. The summed E-state index contributed by atoms with van der Waals surface area (Å²) in [5.41, 5.74) is 0.512. The summed E-state index contributed by atoms with van der Waals surface area (Å²) in [6, 6.07) is 6.79. The Morgan fingerprint density at radius 3 is 2.64 bits per heavy atom. The lowest BCUT2D eigenvalue weighted by atomic mass is 10.2. The van der Waals surface area contributed by atoms with Crippen LogP contribution in [0.25, 0.3) is 0 Å². The lowest BCUT2D eigenvalue weighted by molar-refractivity contribution is -0.121. The predicted octanol–water partition coefficient (Wildman–Crippen LogP) is 1.54. The first-order valence-corrected chi connectivity index (χ1v) is 10.3. The molecule has 140 valence electrons. The van der Waals surface area contributed by atoms with E-state index in [9.17, 15) is 13.2 Å². The topological polar surface area (TPSA) is 84.9 Å². The Balaban J connectivity index is 1.92. The third-order valence-electron chi connectivity index (χ3n) is 3.93. The van der Waals surface area contributed by atoms with Crippen LogP contribution in [0.3, 0.4) is 0 Å². The van der Waals surface area contributed by atoms with E-state index < -0.39 is 10.0 Å². The summed E-state index contributed by atoms with van der Waals surface area (Å²) in [5, 5.41) is 2.80. The molecule has 7 nitrogen and oxygen atoms in total. The van der Waals surface area contributed by atoms with Crippen molar-refractivity contribution in [2.75, 3.05) is 36.9 Å². The number of nitrogens with zero attached hydrogens (tertiary/aromatic N) is 1. The molecule has 1 N–H and O–H groups in total. The van der Waals surface area contributed by atoms with Gasteiger partial charge >= 0.3 is 0 Å².